The Labute approximate surface area is 254 Å². The molecule has 4 rings (SSSR count). The van der Waals surface area contributed by atoms with Gasteiger partial charge in [0.1, 0.15) is 23.0 Å². The van der Waals surface area contributed by atoms with Crippen LogP contribution >= 0.6 is 0 Å². The summed E-state index contributed by atoms with van der Waals surface area (Å²) >= 11 is 0. The summed E-state index contributed by atoms with van der Waals surface area (Å²) in [6.45, 7) is 8.33. The number of benzene rings is 4. The van der Waals surface area contributed by atoms with E-state index in [0.29, 0.717) is 0 Å². The maximum Gasteiger partial charge on any atom is 0.500 e. The Hall–Kier alpha value is -4.49. The molecule has 0 atom stereocenters. The van der Waals surface area contributed by atoms with Crippen molar-refractivity contribution in [2.45, 2.75) is 53.4 Å². The van der Waals surface area contributed by atoms with Crippen LogP contribution in [0.1, 0.15) is 75.6 Å². The Bertz CT molecular complexity index is 1560. The molecule has 7 heteroatoms. The minimum atomic E-state index is -4.37. The first-order valence-corrected chi connectivity index (χ1v) is 15.9. The minimum absolute atomic E-state index is 0.149. The monoisotopic (exact) mass is 598 g/mol. The van der Waals surface area contributed by atoms with Gasteiger partial charge in [-0.1, -0.05) is 76.2 Å². The molecule has 224 valence electrons. The van der Waals surface area contributed by atoms with E-state index < -0.39 is 10.4 Å². The van der Waals surface area contributed by atoms with E-state index >= 15 is 0 Å². The van der Waals surface area contributed by atoms with E-state index in [4.69, 9.17) is 8.37 Å². The van der Waals surface area contributed by atoms with Crippen LogP contribution in [-0.4, -0.2) is 18.6 Å². The molecule has 0 heterocycles. The molecule has 0 aliphatic rings. The molecule has 0 saturated carbocycles. The van der Waals surface area contributed by atoms with Gasteiger partial charge in [-0.15, -0.1) is 8.42 Å². The summed E-state index contributed by atoms with van der Waals surface area (Å²) in [4.78, 5) is 0. The first-order valence-electron chi connectivity index (χ1n) is 14.6. The highest BCUT2D eigenvalue weighted by Gasteiger charge is 2.17. The van der Waals surface area contributed by atoms with Crippen molar-refractivity contribution >= 4 is 32.7 Å². The third kappa shape index (κ3) is 7.87. The zero-order valence-corrected chi connectivity index (χ0v) is 25.8. The number of hydrogen-bond donors (Lipinski definition) is 2. The highest BCUT2D eigenvalue weighted by atomic mass is 32.3. The third-order valence-electron chi connectivity index (χ3n) is 7.38. The summed E-state index contributed by atoms with van der Waals surface area (Å²) < 4.78 is 36.0. The highest BCUT2D eigenvalue weighted by molar-refractivity contribution is 7.82. The second-order valence-corrected chi connectivity index (χ2v) is 11.2. The van der Waals surface area contributed by atoms with Crippen LogP contribution in [0.25, 0.3) is 22.3 Å². The van der Waals surface area contributed by atoms with Crippen molar-refractivity contribution in [1.29, 1.82) is 0 Å². The third-order valence-corrected chi connectivity index (χ3v) is 8.17. The van der Waals surface area contributed by atoms with Crippen molar-refractivity contribution in [3.05, 3.63) is 119 Å². The zero-order valence-electron chi connectivity index (χ0n) is 25.0. The summed E-state index contributed by atoms with van der Waals surface area (Å²) in [5.74, 6) is 0.737. The first kappa shape index (κ1) is 31.4. The van der Waals surface area contributed by atoms with Crippen LogP contribution in [0.4, 0.5) is 0 Å². The average Bonchev–Trinajstić information content (AvgIpc) is 3.00. The van der Waals surface area contributed by atoms with Crippen LogP contribution in [0.15, 0.2) is 97.1 Å². The number of rotatable bonds is 12. The van der Waals surface area contributed by atoms with Crippen molar-refractivity contribution in [3.63, 3.8) is 0 Å². The van der Waals surface area contributed by atoms with Gasteiger partial charge >= 0.3 is 10.4 Å². The van der Waals surface area contributed by atoms with Gasteiger partial charge in [0, 0.05) is 0 Å². The van der Waals surface area contributed by atoms with Gasteiger partial charge < -0.3 is 18.6 Å². The zero-order chi connectivity index (χ0) is 31.0. The van der Waals surface area contributed by atoms with E-state index in [1.165, 1.54) is 0 Å². The molecule has 0 bridgehead atoms. The maximum absolute atomic E-state index is 12.7. The number of hydrogen-bond acceptors (Lipinski definition) is 6. The van der Waals surface area contributed by atoms with Crippen LogP contribution in [0.5, 0.6) is 23.0 Å². The predicted octanol–water partition coefficient (Wildman–Crippen LogP) is 9.26. The Morgan fingerprint density at radius 2 is 0.698 bits per heavy atom. The van der Waals surface area contributed by atoms with Gasteiger partial charge in [-0.3, -0.25) is 0 Å². The van der Waals surface area contributed by atoms with Crippen molar-refractivity contribution < 1.29 is 27.0 Å². The molecule has 0 aliphatic carbocycles. The van der Waals surface area contributed by atoms with Crippen LogP contribution in [0.2, 0.25) is 0 Å². The van der Waals surface area contributed by atoms with E-state index in [1.807, 2.05) is 48.5 Å². The highest BCUT2D eigenvalue weighted by Crippen LogP contribution is 2.34. The summed E-state index contributed by atoms with van der Waals surface area (Å²) in [6, 6.07) is 28.1. The summed E-state index contributed by atoms with van der Waals surface area (Å²) in [7, 11) is -4.37. The number of phenols is 2. The van der Waals surface area contributed by atoms with Crippen LogP contribution in [0, 0.1) is 0 Å². The fraction of sp³-hybridized carbons (Fsp3) is 0.222. The Morgan fingerprint density at radius 1 is 0.465 bits per heavy atom. The standard InChI is InChI=1S/C36H38O6S/c1-5-33(25-9-17-29(37)18-10-25)35(7-3)27-13-21-31(22-14-27)41-43(39,40)42-32-23-15-28(16-24-32)36(8-4)34(6-2)26-11-19-30(38)20-12-26/h9-24,37-38H,5-8H2,1-4H3/b35-33+,36-34+. The lowest BCUT2D eigenvalue weighted by molar-refractivity contribution is 0.392. The van der Waals surface area contributed by atoms with Crippen LogP contribution in [0.3, 0.4) is 0 Å². The number of aromatic hydroxyl groups is 2. The van der Waals surface area contributed by atoms with Crippen molar-refractivity contribution in [2.75, 3.05) is 0 Å². The van der Waals surface area contributed by atoms with Crippen molar-refractivity contribution in [3.8, 4) is 23.0 Å². The molecule has 0 amide bonds. The van der Waals surface area contributed by atoms with E-state index in [0.717, 1.165) is 70.2 Å². The fourth-order valence-electron chi connectivity index (χ4n) is 5.37. The topological polar surface area (TPSA) is 93.1 Å². The van der Waals surface area contributed by atoms with Gasteiger partial charge in [-0.2, -0.15) is 0 Å². The molecule has 4 aromatic carbocycles. The Morgan fingerprint density at radius 3 is 0.930 bits per heavy atom. The van der Waals surface area contributed by atoms with Crippen LogP contribution < -0.4 is 8.37 Å². The van der Waals surface area contributed by atoms with Crippen molar-refractivity contribution in [2.24, 2.45) is 0 Å². The summed E-state index contributed by atoms with van der Waals surface area (Å²) in [5, 5.41) is 19.3. The van der Waals surface area contributed by atoms with Gasteiger partial charge in [-0.25, -0.2) is 0 Å². The molecule has 6 nitrogen and oxygen atoms in total. The van der Waals surface area contributed by atoms with Gasteiger partial charge in [0.25, 0.3) is 0 Å². The summed E-state index contributed by atoms with van der Waals surface area (Å²) in [5.41, 5.74) is 8.59. The fourth-order valence-corrected chi connectivity index (χ4v) is 6.10. The van der Waals surface area contributed by atoms with Gasteiger partial charge in [0.05, 0.1) is 0 Å². The normalized spacial score (nSPS) is 12.7. The molecule has 0 spiro atoms. The molecule has 2 N–H and O–H groups in total. The molecule has 43 heavy (non-hydrogen) atoms. The number of allylic oxidation sites excluding steroid dienone is 4. The molecular formula is C36H38O6S. The quantitative estimate of drug-likeness (QED) is 0.158. The van der Waals surface area contributed by atoms with Crippen molar-refractivity contribution in [1.82, 2.24) is 0 Å². The Balaban J connectivity index is 1.50. The lowest BCUT2D eigenvalue weighted by Gasteiger charge is -2.15. The predicted molar refractivity (Wildman–Crippen MR) is 174 cm³/mol. The van der Waals surface area contributed by atoms with Crippen LogP contribution in [-0.2, 0) is 10.4 Å². The average molecular weight is 599 g/mol. The molecule has 0 aliphatic heterocycles. The molecular weight excluding hydrogens is 560 g/mol. The van der Waals surface area contributed by atoms with Gasteiger partial charge in [0.15, 0.2) is 0 Å². The molecule has 0 fully saturated rings. The van der Waals surface area contributed by atoms with E-state index in [-0.39, 0.29) is 23.0 Å². The van der Waals surface area contributed by atoms with E-state index in [2.05, 4.69) is 27.7 Å². The molecule has 0 radical (unpaired) electrons. The SMILES string of the molecule is CC/C(=C(/CC)c1ccc(OS(=O)(=O)Oc2ccc(/C(CC)=C(\CC)c3ccc(O)cc3)cc2)cc1)c1ccc(O)cc1. The summed E-state index contributed by atoms with van der Waals surface area (Å²) in [6.07, 6.45) is 3.18. The Kier molecular flexibility index (Phi) is 10.3. The van der Waals surface area contributed by atoms with Gasteiger partial charge in [-0.05, 0) is 119 Å². The molecule has 0 aromatic heterocycles. The molecule has 0 unspecified atom stereocenters. The molecule has 0 saturated heterocycles. The lowest BCUT2D eigenvalue weighted by atomic mass is 9.91. The second kappa shape index (κ2) is 14.1. The maximum atomic E-state index is 12.7. The van der Waals surface area contributed by atoms with E-state index in [9.17, 15) is 18.6 Å². The lowest BCUT2D eigenvalue weighted by Crippen LogP contribution is -2.16. The second-order valence-electron chi connectivity index (χ2n) is 10.0. The van der Waals surface area contributed by atoms with E-state index in [1.54, 1.807) is 48.5 Å². The first-order chi connectivity index (χ1) is 20.7. The smallest absolute Gasteiger partial charge is 0.500 e. The molecule has 4 aromatic rings. The van der Waals surface area contributed by atoms with Gasteiger partial charge in [0.2, 0.25) is 0 Å². The number of phenolic OH excluding ortho intramolecular Hbond substituents is 2. The largest absolute Gasteiger partial charge is 0.508 e. The minimum Gasteiger partial charge on any atom is -0.508 e.